The molecule has 0 fully saturated rings. The van der Waals surface area contributed by atoms with Crippen molar-refractivity contribution < 1.29 is 19.1 Å². The second-order valence-corrected chi connectivity index (χ2v) is 9.48. The molecule has 0 aliphatic carbocycles. The van der Waals surface area contributed by atoms with Crippen molar-refractivity contribution in [1.82, 2.24) is 4.90 Å². The largest absolute Gasteiger partial charge is 0.482 e. The summed E-state index contributed by atoms with van der Waals surface area (Å²) in [5.41, 5.74) is 3.95. The topological polar surface area (TPSA) is 59.1 Å². The van der Waals surface area contributed by atoms with Gasteiger partial charge in [-0.05, 0) is 75.3 Å². The van der Waals surface area contributed by atoms with E-state index in [1.807, 2.05) is 43.9 Å². The fourth-order valence-corrected chi connectivity index (χ4v) is 4.26. The second kappa shape index (κ2) is 9.23. The van der Waals surface area contributed by atoms with Gasteiger partial charge in [-0.25, -0.2) is 4.79 Å². The van der Waals surface area contributed by atoms with E-state index in [0.29, 0.717) is 19.6 Å². The third kappa shape index (κ3) is 5.23. The molecule has 0 bridgehead atoms. The van der Waals surface area contributed by atoms with Crippen LogP contribution in [0.5, 0.6) is 5.75 Å². The number of ether oxygens (including phenoxy) is 2. The molecule has 4 rings (SSSR count). The lowest BCUT2D eigenvalue weighted by Crippen LogP contribution is -2.39. The standard InChI is InChI=1S/C26H32N2O4/c1-26(2,3)32-25(30)27-14-11-20-16-22-23(17-21(20)12-15-27)31-18-24(29)28(22)13-7-10-19-8-5-4-6-9-19/h4-6,8-9,16-17H,7,10-15,18H2,1-3H3. The summed E-state index contributed by atoms with van der Waals surface area (Å²) in [4.78, 5) is 28.8. The summed E-state index contributed by atoms with van der Waals surface area (Å²) in [5.74, 6) is 0.753. The normalized spacial score (nSPS) is 16.0. The number of carbonyl (C=O) groups excluding carboxylic acids is 2. The summed E-state index contributed by atoms with van der Waals surface area (Å²) in [5, 5.41) is 0. The van der Waals surface area contributed by atoms with Crippen LogP contribution in [0.3, 0.4) is 0 Å². The molecule has 0 spiro atoms. The van der Waals surface area contributed by atoms with Gasteiger partial charge < -0.3 is 19.3 Å². The summed E-state index contributed by atoms with van der Waals surface area (Å²) in [6.07, 6.45) is 3.01. The van der Waals surface area contributed by atoms with Gasteiger partial charge in [-0.3, -0.25) is 4.79 Å². The van der Waals surface area contributed by atoms with E-state index in [0.717, 1.165) is 37.1 Å². The summed E-state index contributed by atoms with van der Waals surface area (Å²) in [7, 11) is 0. The Morgan fingerprint density at radius 3 is 2.44 bits per heavy atom. The van der Waals surface area contributed by atoms with Gasteiger partial charge in [0.25, 0.3) is 5.91 Å². The maximum atomic E-state index is 12.6. The molecule has 2 heterocycles. The number of fused-ring (bicyclic) bond motifs is 2. The molecule has 0 saturated carbocycles. The van der Waals surface area contributed by atoms with Gasteiger partial charge in [-0.1, -0.05) is 30.3 Å². The Balaban J connectivity index is 1.47. The number of rotatable bonds is 4. The number of hydrogen-bond acceptors (Lipinski definition) is 4. The van der Waals surface area contributed by atoms with Crippen LogP contribution in [0, 0.1) is 0 Å². The molecule has 0 atom stereocenters. The Hall–Kier alpha value is -3.02. The smallest absolute Gasteiger partial charge is 0.410 e. The Kier molecular flexibility index (Phi) is 6.40. The van der Waals surface area contributed by atoms with Gasteiger partial charge in [0.2, 0.25) is 0 Å². The average Bonchev–Trinajstić information content (AvgIpc) is 2.96. The van der Waals surface area contributed by atoms with E-state index in [4.69, 9.17) is 9.47 Å². The minimum absolute atomic E-state index is 0.00508. The molecule has 6 nitrogen and oxygen atoms in total. The highest BCUT2D eigenvalue weighted by Crippen LogP contribution is 2.36. The van der Waals surface area contributed by atoms with Crippen LogP contribution in [0.2, 0.25) is 0 Å². The molecule has 0 N–H and O–H groups in total. The van der Waals surface area contributed by atoms with Crippen LogP contribution in [0.25, 0.3) is 0 Å². The van der Waals surface area contributed by atoms with Crippen molar-refractivity contribution >= 4 is 17.7 Å². The molecule has 2 aliphatic heterocycles. The van der Waals surface area contributed by atoms with Crippen molar-refractivity contribution in [3.05, 3.63) is 59.2 Å². The zero-order valence-electron chi connectivity index (χ0n) is 19.2. The number of aryl methyl sites for hydroxylation is 1. The summed E-state index contributed by atoms with van der Waals surface area (Å²) >= 11 is 0. The average molecular weight is 437 g/mol. The molecule has 170 valence electrons. The van der Waals surface area contributed by atoms with Gasteiger partial charge >= 0.3 is 6.09 Å². The highest BCUT2D eigenvalue weighted by Gasteiger charge is 2.29. The summed E-state index contributed by atoms with van der Waals surface area (Å²) < 4.78 is 11.3. The molecular weight excluding hydrogens is 404 g/mol. The fraction of sp³-hybridized carbons (Fsp3) is 0.462. The zero-order chi connectivity index (χ0) is 22.7. The van der Waals surface area contributed by atoms with Crippen molar-refractivity contribution in [2.45, 2.75) is 52.1 Å². The van der Waals surface area contributed by atoms with Gasteiger partial charge in [-0.15, -0.1) is 0 Å². The molecule has 0 aromatic heterocycles. The van der Waals surface area contributed by atoms with E-state index in [1.54, 1.807) is 4.90 Å². The quantitative estimate of drug-likeness (QED) is 0.714. The molecule has 0 saturated heterocycles. The molecule has 6 heteroatoms. The maximum absolute atomic E-state index is 12.6. The van der Waals surface area contributed by atoms with Gasteiger partial charge in [-0.2, -0.15) is 0 Å². The lowest BCUT2D eigenvalue weighted by Gasteiger charge is -2.30. The first-order valence-corrected chi connectivity index (χ1v) is 11.4. The van der Waals surface area contributed by atoms with Gasteiger partial charge in [0, 0.05) is 19.6 Å². The van der Waals surface area contributed by atoms with E-state index < -0.39 is 5.60 Å². The predicted molar refractivity (Wildman–Crippen MR) is 124 cm³/mol. The van der Waals surface area contributed by atoms with E-state index in [2.05, 4.69) is 24.3 Å². The minimum atomic E-state index is -0.510. The Labute approximate surface area is 190 Å². The van der Waals surface area contributed by atoms with Crippen LogP contribution in [0.15, 0.2) is 42.5 Å². The van der Waals surface area contributed by atoms with Crippen LogP contribution >= 0.6 is 0 Å². The molecule has 0 unspecified atom stereocenters. The van der Waals surface area contributed by atoms with Crippen molar-refractivity contribution in [2.75, 3.05) is 31.1 Å². The molecule has 2 amide bonds. The lowest BCUT2D eigenvalue weighted by molar-refractivity contribution is -0.121. The molecule has 2 aromatic rings. The van der Waals surface area contributed by atoms with E-state index in [9.17, 15) is 9.59 Å². The third-order valence-electron chi connectivity index (χ3n) is 5.87. The highest BCUT2D eigenvalue weighted by molar-refractivity contribution is 5.98. The summed E-state index contributed by atoms with van der Waals surface area (Å²) in [6.45, 7) is 7.59. The molecular formula is C26H32N2O4. The number of amides is 2. The van der Waals surface area contributed by atoms with Crippen LogP contribution in [-0.4, -0.2) is 48.7 Å². The second-order valence-electron chi connectivity index (χ2n) is 9.48. The highest BCUT2D eigenvalue weighted by atomic mass is 16.6. The predicted octanol–water partition coefficient (Wildman–Crippen LogP) is 4.38. The summed E-state index contributed by atoms with van der Waals surface area (Å²) in [6, 6.07) is 14.5. The van der Waals surface area contributed by atoms with E-state index in [-0.39, 0.29) is 18.6 Å². The van der Waals surface area contributed by atoms with E-state index >= 15 is 0 Å². The van der Waals surface area contributed by atoms with Gasteiger partial charge in [0.1, 0.15) is 11.4 Å². The van der Waals surface area contributed by atoms with Crippen LogP contribution in [-0.2, 0) is 28.8 Å². The monoisotopic (exact) mass is 436 g/mol. The first-order valence-electron chi connectivity index (χ1n) is 11.4. The van der Waals surface area contributed by atoms with Crippen molar-refractivity contribution in [1.29, 1.82) is 0 Å². The Morgan fingerprint density at radius 2 is 1.75 bits per heavy atom. The minimum Gasteiger partial charge on any atom is -0.482 e. The number of benzene rings is 2. The van der Waals surface area contributed by atoms with Crippen LogP contribution < -0.4 is 9.64 Å². The number of nitrogens with zero attached hydrogens (tertiary/aromatic N) is 2. The fourth-order valence-electron chi connectivity index (χ4n) is 4.26. The number of anilines is 1. The van der Waals surface area contributed by atoms with Crippen LogP contribution in [0.4, 0.5) is 10.5 Å². The van der Waals surface area contributed by atoms with Crippen molar-refractivity contribution in [3.8, 4) is 5.75 Å². The number of hydrogen-bond donors (Lipinski definition) is 0. The maximum Gasteiger partial charge on any atom is 0.410 e. The lowest BCUT2D eigenvalue weighted by atomic mass is 10.00. The number of carbonyl (C=O) groups is 2. The first kappa shape index (κ1) is 22.2. The zero-order valence-corrected chi connectivity index (χ0v) is 19.2. The SMILES string of the molecule is CC(C)(C)OC(=O)N1CCc2cc3c(cc2CC1)N(CCCc1ccccc1)C(=O)CO3. The Bertz CT molecular complexity index is 981. The molecule has 32 heavy (non-hydrogen) atoms. The van der Waals surface area contributed by atoms with Crippen molar-refractivity contribution in [3.63, 3.8) is 0 Å². The van der Waals surface area contributed by atoms with Gasteiger partial charge in [0.05, 0.1) is 5.69 Å². The Morgan fingerprint density at radius 1 is 1.06 bits per heavy atom. The first-order chi connectivity index (χ1) is 15.3. The van der Waals surface area contributed by atoms with Gasteiger partial charge in [0.15, 0.2) is 6.61 Å². The molecule has 0 radical (unpaired) electrons. The van der Waals surface area contributed by atoms with Crippen LogP contribution in [0.1, 0.15) is 43.9 Å². The molecule has 2 aliphatic rings. The van der Waals surface area contributed by atoms with Crippen molar-refractivity contribution in [2.24, 2.45) is 0 Å². The molecule has 2 aromatic carbocycles. The third-order valence-corrected chi connectivity index (χ3v) is 5.87. The van der Waals surface area contributed by atoms with E-state index in [1.165, 1.54) is 16.7 Å².